The Balaban J connectivity index is 1.55. The molecule has 2 amide bonds. The highest BCUT2D eigenvalue weighted by molar-refractivity contribution is 5.84. The Hall–Kier alpha value is -3.37. The van der Waals surface area contributed by atoms with Gasteiger partial charge >= 0.3 is 6.09 Å². The topological polar surface area (TPSA) is 94.5 Å². The van der Waals surface area contributed by atoms with Crippen molar-refractivity contribution >= 4 is 12.0 Å². The molecular formula is C27H34N4O3. The van der Waals surface area contributed by atoms with Gasteiger partial charge in [-0.3, -0.25) is 9.69 Å². The number of alkyl carbamates (subject to hydrolysis) is 1. The third kappa shape index (κ3) is 7.60. The van der Waals surface area contributed by atoms with E-state index >= 15 is 0 Å². The molecule has 1 aliphatic rings. The summed E-state index contributed by atoms with van der Waals surface area (Å²) in [7, 11) is 0. The van der Waals surface area contributed by atoms with Gasteiger partial charge in [0.2, 0.25) is 0 Å². The number of carbonyl (C=O) groups is 2. The van der Waals surface area contributed by atoms with E-state index in [0.29, 0.717) is 38.9 Å². The summed E-state index contributed by atoms with van der Waals surface area (Å²) < 4.78 is 5.49. The number of hydrogen-bond acceptors (Lipinski definition) is 5. The predicted octanol–water partition coefficient (Wildman–Crippen LogP) is 4.00. The van der Waals surface area contributed by atoms with Crippen molar-refractivity contribution in [2.45, 2.75) is 57.8 Å². The number of nitrogens with one attached hydrogen (secondary N) is 2. The van der Waals surface area contributed by atoms with Crippen LogP contribution in [0.3, 0.4) is 0 Å². The number of amides is 2. The predicted molar refractivity (Wildman–Crippen MR) is 130 cm³/mol. The number of hydrogen-bond donors (Lipinski definition) is 2. The molecule has 180 valence electrons. The van der Waals surface area contributed by atoms with E-state index in [9.17, 15) is 14.9 Å². The number of nitrogens with zero attached hydrogens (tertiary/aromatic N) is 2. The summed E-state index contributed by atoms with van der Waals surface area (Å²) in [5.74, 6) is -0.273. The van der Waals surface area contributed by atoms with Gasteiger partial charge in [0, 0.05) is 26.2 Å². The van der Waals surface area contributed by atoms with Crippen LogP contribution in [0, 0.1) is 17.2 Å². The Morgan fingerprint density at radius 2 is 1.62 bits per heavy atom. The van der Waals surface area contributed by atoms with Crippen molar-refractivity contribution in [2.24, 2.45) is 5.92 Å². The third-order valence-electron chi connectivity index (χ3n) is 6.04. The number of nitriles is 1. The van der Waals surface area contributed by atoms with Crippen molar-refractivity contribution in [1.82, 2.24) is 15.5 Å². The molecule has 1 saturated heterocycles. The second kappa shape index (κ2) is 12.2. The quantitative estimate of drug-likeness (QED) is 0.587. The minimum Gasteiger partial charge on any atom is -0.436 e. The molecule has 0 bridgehead atoms. The molecule has 2 aromatic carbocycles. The second-order valence-electron chi connectivity index (χ2n) is 9.31. The zero-order valence-corrected chi connectivity index (χ0v) is 20.0. The lowest BCUT2D eigenvalue weighted by atomic mass is 9.88. The fourth-order valence-electron chi connectivity index (χ4n) is 4.09. The lowest BCUT2D eigenvalue weighted by molar-refractivity contribution is -0.132. The van der Waals surface area contributed by atoms with Gasteiger partial charge in [-0.1, -0.05) is 74.5 Å². The first kappa shape index (κ1) is 25.3. The van der Waals surface area contributed by atoms with Gasteiger partial charge < -0.3 is 15.4 Å². The van der Waals surface area contributed by atoms with Crippen molar-refractivity contribution in [1.29, 1.82) is 5.26 Å². The van der Waals surface area contributed by atoms with E-state index in [4.69, 9.17) is 4.74 Å². The summed E-state index contributed by atoms with van der Waals surface area (Å²) in [5, 5.41) is 15.5. The summed E-state index contributed by atoms with van der Waals surface area (Å²) >= 11 is 0. The van der Waals surface area contributed by atoms with E-state index in [2.05, 4.69) is 33.7 Å². The summed E-state index contributed by atoms with van der Waals surface area (Å²) in [6, 6.07) is 22.0. The van der Waals surface area contributed by atoms with E-state index in [1.807, 2.05) is 62.4 Å². The van der Waals surface area contributed by atoms with Crippen LogP contribution in [0.4, 0.5) is 4.79 Å². The van der Waals surface area contributed by atoms with E-state index in [1.165, 1.54) is 5.56 Å². The average Bonchev–Trinajstić information content (AvgIpc) is 2.84. The molecule has 1 heterocycles. The van der Waals surface area contributed by atoms with Crippen LogP contribution in [-0.4, -0.2) is 41.6 Å². The Kier molecular flexibility index (Phi) is 9.06. The molecule has 7 nitrogen and oxygen atoms in total. The first-order valence-electron chi connectivity index (χ1n) is 11.9. The normalized spacial score (nSPS) is 16.3. The molecule has 3 rings (SSSR count). The lowest BCUT2D eigenvalue weighted by Crippen LogP contribution is -2.57. The van der Waals surface area contributed by atoms with E-state index in [-0.39, 0.29) is 5.92 Å². The van der Waals surface area contributed by atoms with Gasteiger partial charge in [-0.2, -0.15) is 5.26 Å². The summed E-state index contributed by atoms with van der Waals surface area (Å²) in [4.78, 5) is 27.8. The number of rotatable bonds is 9. The van der Waals surface area contributed by atoms with Crippen molar-refractivity contribution in [3.05, 3.63) is 71.8 Å². The molecule has 34 heavy (non-hydrogen) atoms. The number of benzene rings is 2. The fourth-order valence-corrected chi connectivity index (χ4v) is 4.09. The fraction of sp³-hybridized carbons (Fsp3) is 0.444. The molecule has 1 fully saturated rings. The highest BCUT2D eigenvalue weighted by Crippen LogP contribution is 2.24. The molecule has 0 aliphatic carbocycles. The maximum absolute atomic E-state index is 13.1. The van der Waals surface area contributed by atoms with E-state index < -0.39 is 23.6 Å². The highest BCUT2D eigenvalue weighted by Gasteiger charge is 2.38. The summed E-state index contributed by atoms with van der Waals surface area (Å²) in [6.45, 7) is 6.47. The van der Waals surface area contributed by atoms with Gasteiger partial charge in [0.05, 0.1) is 6.07 Å². The van der Waals surface area contributed by atoms with Crippen molar-refractivity contribution in [3.63, 3.8) is 0 Å². The third-order valence-corrected chi connectivity index (χ3v) is 6.04. The van der Waals surface area contributed by atoms with Gasteiger partial charge in [-0.25, -0.2) is 4.79 Å². The van der Waals surface area contributed by atoms with Crippen LogP contribution in [-0.2, 0) is 22.6 Å². The number of piperidine rings is 1. The molecular weight excluding hydrogens is 428 g/mol. The van der Waals surface area contributed by atoms with Gasteiger partial charge in [0.15, 0.2) is 6.10 Å². The standard InChI is InChI=1S/C27H34N4O3/c1-21(2)17-24(34-26(33)29-18-22-9-5-3-6-10-22)25(32)30-27(20-28)13-15-31(16-14-27)19-23-11-7-4-8-12-23/h3-12,21,24H,13-19H2,1-2H3,(H,29,33)(H,30,32). The lowest BCUT2D eigenvalue weighted by Gasteiger charge is -2.38. The molecule has 2 aromatic rings. The van der Waals surface area contributed by atoms with Gasteiger partial charge in [0.1, 0.15) is 5.54 Å². The van der Waals surface area contributed by atoms with Crippen LogP contribution in [0.25, 0.3) is 0 Å². The van der Waals surface area contributed by atoms with Crippen molar-refractivity contribution in [2.75, 3.05) is 13.1 Å². The molecule has 0 saturated carbocycles. The van der Waals surface area contributed by atoms with Gasteiger partial charge in [-0.15, -0.1) is 0 Å². The van der Waals surface area contributed by atoms with Crippen molar-refractivity contribution in [3.8, 4) is 6.07 Å². The van der Waals surface area contributed by atoms with Gasteiger partial charge in [0.25, 0.3) is 5.91 Å². The zero-order chi connectivity index (χ0) is 24.4. The van der Waals surface area contributed by atoms with Gasteiger partial charge in [-0.05, 0) is 36.3 Å². The highest BCUT2D eigenvalue weighted by atomic mass is 16.6. The Morgan fingerprint density at radius 3 is 2.18 bits per heavy atom. The van der Waals surface area contributed by atoms with E-state index in [0.717, 1.165) is 12.1 Å². The second-order valence-corrected chi connectivity index (χ2v) is 9.31. The first-order valence-corrected chi connectivity index (χ1v) is 11.9. The molecule has 1 unspecified atom stereocenters. The SMILES string of the molecule is CC(C)CC(OC(=O)NCc1ccccc1)C(=O)NC1(C#N)CCN(Cc2ccccc2)CC1. The number of ether oxygens (including phenoxy) is 1. The smallest absolute Gasteiger partial charge is 0.408 e. The van der Waals surface area contributed by atoms with Crippen molar-refractivity contribution < 1.29 is 14.3 Å². The largest absolute Gasteiger partial charge is 0.436 e. The number of carbonyl (C=O) groups excluding carboxylic acids is 2. The minimum atomic E-state index is -0.955. The summed E-state index contributed by atoms with van der Waals surface area (Å²) in [6.07, 6.45) is -0.170. The van der Waals surface area contributed by atoms with E-state index in [1.54, 1.807) is 0 Å². The molecule has 1 aliphatic heterocycles. The zero-order valence-electron chi connectivity index (χ0n) is 20.0. The Labute approximate surface area is 202 Å². The van der Waals surface area contributed by atoms with Crippen LogP contribution in [0.1, 0.15) is 44.2 Å². The summed E-state index contributed by atoms with van der Waals surface area (Å²) in [5.41, 5.74) is 1.21. The number of likely N-dealkylation sites (tertiary alicyclic amines) is 1. The molecule has 0 radical (unpaired) electrons. The Morgan fingerprint density at radius 1 is 1.03 bits per heavy atom. The van der Waals surface area contributed by atoms with Crippen LogP contribution in [0.2, 0.25) is 0 Å². The molecule has 1 atom stereocenters. The maximum Gasteiger partial charge on any atom is 0.408 e. The van der Waals surface area contributed by atoms with Crippen LogP contribution in [0.15, 0.2) is 60.7 Å². The molecule has 0 aromatic heterocycles. The average molecular weight is 463 g/mol. The maximum atomic E-state index is 13.1. The first-order chi connectivity index (χ1) is 16.4. The van der Waals surface area contributed by atoms with Crippen LogP contribution < -0.4 is 10.6 Å². The van der Waals surface area contributed by atoms with Crippen LogP contribution in [0.5, 0.6) is 0 Å². The minimum absolute atomic E-state index is 0.142. The molecule has 0 spiro atoms. The van der Waals surface area contributed by atoms with Crippen LogP contribution >= 0.6 is 0 Å². The monoisotopic (exact) mass is 462 g/mol. The molecule has 2 N–H and O–H groups in total. The Bertz CT molecular complexity index is 964. The molecule has 7 heteroatoms.